The Labute approximate surface area is 126 Å². The number of aliphatic hydroxyl groups is 2. The van der Waals surface area contributed by atoms with Crippen LogP contribution in [0.25, 0.3) is 0 Å². The van der Waals surface area contributed by atoms with E-state index in [4.69, 9.17) is 27.2 Å². The third kappa shape index (κ3) is 6.40. The van der Waals surface area contributed by atoms with Crippen LogP contribution in [0.1, 0.15) is 15.9 Å². The van der Waals surface area contributed by atoms with Gasteiger partial charge in [0.05, 0.1) is 12.2 Å². The van der Waals surface area contributed by atoms with Crippen molar-refractivity contribution in [2.45, 2.75) is 11.9 Å². The van der Waals surface area contributed by atoms with Crippen molar-refractivity contribution in [3.8, 4) is 0 Å². The van der Waals surface area contributed by atoms with Gasteiger partial charge >= 0.3 is 5.97 Å². The zero-order valence-electron chi connectivity index (χ0n) is 9.98. The van der Waals surface area contributed by atoms with Crippen LogP contribution in [0.3, 0.4) is 0 Å². The summed E-state index contributed by atoms with van der Waals surface area (Å²) in [5, 5.41) is 17.7. The molecule has 1 atom stereocenters. The fraction of sp³-hybridized carbons (Fsp3) is 0.333. The Morgan fingerprint density at radius 2 is 2.05 bits per heavy atom. The Balaban J connectivity index is 2.50. The minimum absolute atomic E-state index is 0.221. The molecule has 19 heavy (non-hydrogen) atoms. The van der Waals surface area contributed by atoms with Crippen molar-refractivity contribution in [2.75, 3.05) is 13.2 Å². The summed E-state index contributed by atoms with van der Waals surface area (Å²) >= 11 is 10.3. The number of esters is 1. The predicted molar refractivity (Wildman–Crippen MR) is 82.7 cm³/mol. The number of hydrogen-bond acceptors (Lipinski definition) is 6. The second-order valence-electron chi connectivity index (χ2n) is 3.69. The molecule has 1 aromatic rings. The first kappa shape index (κ1) is 16.5. The molecule has 0 aliphatic heterocycles. The highest BCUT2D eigenvalue weighted by molar-refractivity contribution is 8.41. The fourth-order valence-electron chi connectivity index (χ4n) is 1.19. The highest BCUT2D eigenvalue weighted by Gasteiger charge is 2.10. The number of hydrogen-bond donors (Lipinski definition) is 3. The molecule has 0 aromatic heterocycles. The van der Waals surface area contributed by atoms with Gasteiger partial charge in [-0.15, -0.1) is 24.4 Å². The van der Waals surface area contributed by atoms with Gasteiger partial charge in [0, 0.05) is 5.75 Å². The first-order valence-electron chi connectivity index (χ1n) is 5.43. The number of benzene rings is 1. The molecule has 0 aliphatic rings. The third-order valence-electron chi connectivity index (χ3n) is 2.17. The van der Waals surface area contributed by atoms with E-state index in [1.54, 1.807) is 24.3 Å². The minimum Gasteiger partial charge on any atom is -0.459 e. The summed E-state index contributed by atoms with van der Waals surface area (Å²) in [6.07, 6.45) is -1.05. The second-order valence-corrected chi connectivity index (χ2v) is 6.39. The van der Waals surface area contributed by atoms with Gasteiger partial charge in [0.2, 0.25) is 0 Å². The monoisotopic (exact) mass is 318 g/mol. The standard InChI is InChI=1S/C12H14O4S3/c13-5-10(14)6-16-11(15)9-3-1-8(2-4-9)7-19-12(17)18/h1-4,10,13-14H,5-7H2,(H,17,18). The van der Waals surface area contributed by atoms with Gasteiger partial charge in [-0.3, -0.25) is 0 Å². The van der Waals surface area contributed by atoms with E-state index in [-0.39, 0.29) is 6.61 Å². The number of carbonyl (C=O) groups excluding carboxylic acids is 1. The van der Waals surface area contributed by atoms with Crippen molar-refractivity contribution in [2.24, 2.45) is 0 Å². The summed E-state index contributed by atoms with van der Waals surface area (Å²) in [6, 6.07) is 6.90. The van der Waals surface area contributed by atoms with Crippen LogP contribution in [-0.4, -0.2) is 39.0 Å². The van der Waals surface area contributed by atoms with E-state index < -0.39 is 18.7 Å². The van der Waals surface area contributed by atoms with Crippen LogP contribution >= 0.6 is 36.6 Å². The zero-order valence-corrected chi connectivity index (χ0v) is 12.5. The van der Waals surface area contributed by atoms with E-state index >= 15 is 0 Å². The molecule has 104 valence electrons. The quantitative estimate of drug-likeness (QED) is 0.421. The van der Waals surface area contributed by atoms with Gasteiger partial charge in [0.1, 0.15) is 16.2 Å². The molecule has 0 heterocycles. The Morgan fingerprint density at radius 3 is 2.58 bits per heavy atom. The molecule has 0 bridgehead atoms. The first-order valence-corrected chi connectivity index (χ1v) is 7.27. The van der Waals surface area contributed by atoms with Crippen LogP contribution in [0.2, 0.25) is 0 Å². The SMILES string of the molecule is O=C(OCC(O)CO)c1ccc(CSC(=S)S)cc1. The molecular formula is C12H14O4S3. The van der Waals surface area contributed by atoms with E-state index in [1.807, 2.05) is 0 Å². The van der Waals surface area contributed by atoms with Gasteiger partial charge < -0.3 is 14.9 Å². The van der Waals surface area contributed by atoms with Gasteiger partial charge in [-0.2, -0.15) is 0 Å². The molecule has 4 nitrogen and oxygen atoms in total. The largest absolute Gasteiger partial charge is 0.459 e. The number of rotatable bonds is 6. The number of carbonyl (C=O) groups is 1. The normalized spacial score (nSPS) is 11.9. The van der Waals surface area contributed by atoms with Crippen molar-refractivity contribution in [3.63, 3.8) is 0 Å². The van der Waals surface area contributed by atoms with E-state index in [0.29, 0.717) is 14.8 Å². The van der Waals surface area contributed by atoms with Crippen LogP contribution in [0.15, 0.2) is 24.3 Å². The summed E-state index contributed by atoms with van der Waals surface area (Å²) < 4.78 is 5.40. The molecule has 0 amide bonds. The Morgan fingerprint density at radius 1 is 1.42 bits per heavy atom. The van der Waals surface area contributed by atoms with Gasteiger partial charge in [0.25, 0.3) is 0 Å². The number of thioether (sulfide) groups is 1. The van der Waals surface area contributed by atoms with Gasteiger partial charge in [-0.05, 0) is 17.7 Å². The zero-order chi connectivity index (χ0) is 14.3. The number of aliphatic hydroxyl groups excluding tert-OH is 2. The molecule has 7 heteroatoms. The maximum absolute atomic E-state index is 11.6. The fourth-order valence-corrected chi connectivity index (χ4v) is 2.04. The average molecular weight is 318 g/mol. The molecule has 0 spiro atoms. The van der Waals surface area contributed by atoms with Crippen molar-refractivity contribution >= 4 is 46.1 Å². The number of ether oxygens (including phenoxy) is 1. The van der Waals surface area contributed by atoms with Crippen LogP contribution in [0.5, 0.6) is 0 Å². The summed E-state index contributed by atoms with van der Waals surface area (Å²) in [5.74, 6) is 0.164. The Kier molecular flexibility index (Phi) is 7.40. The second kappa shape index (κ2) is 8.55. The third-order valence-corrected chi connectivity index (χ3v) is 3.63. The topological polar surface area (TPSA) is 66.8 Å². The molecule has 2 N–H and O–H groups in total. The van der Waals surface area contributed by atoms with Crippen molar-refractivity contribution in [3.05, 3.63) is 35.4 Å². The maximum atomic E-state index is 11.6. The summed E-state index contributed by atoms with van der Waals surface area (Å²) in [6.45, 7) is -0.659. The first-order chi connectivity index (χ1) is 9.02. The molecule has 0 radical (unpaired) electrons. The average Bonchev–Trinajstić information content (AvgIpc) is 2.42. The van der Waals surface area contributed by atoms with Gasteiger partial charge in [-0.25, -0.2) is 4.79 Å². The predicted octanol–water partition coefficient (Wildman–Crippen LogP) is 1.64. The molecule has 0 saturated carbocycles. The molecule has 1 unspecified atom stereocenters. The van der Waals surface area contributed by atoms with Crippen molar-refractivity contribution < 1.29 is 19.7 Å². The van der Waals surface area contributed by atoms with Crippen LogP contribution in [0.4, 0.5) is 0 Å². The van der Waals surface area contributed by atoms with Crippen molar-refractivity contribution in [1.82, 2.24) is 0 Å². The van der Waals surface area contributed by atoms with Crippen LogP contribution in [0, 0.1) is 0 Å². The molecular weight excluding hydrogens is 304 g/mol. The lowest BCUT2D eigenvalue weighted by molar-refractivity contribution is 0.00933. The Hall–Kier alpha value is -0.600. The summed E-state index contributed by atoms with van der Waals surface area (Å²) in [7, 11) is 0. The molecule has 0 saturated heterocycles. The maximum Gasteiger partial charge on any atom is 0.338 e. The highest BCUT2D eigenvalue weighted by Crippen LogP contribution is 2.16. The summed E-state index contributed by atoms with van der Waals surface area (Å²) in [5.41, 5.74) is 1.42. The molecule has 0 aliphatic carbocycles. The summed E-state index contributed by atoms with van der Waals surface area (Å²) in [4.78, 5) is 11.6. The number of thiol groups is 1. The van der Waals surface area contributed by atoms with Crippen LogP contribution in [-0.2, 0) is 10.5 Å². The van der Waals surface area contributed by atoms with Crippen molar-refractivity contribution in [1.29, 1.82) is 0 Å². The lowest BCUT2D eigenvalue weighted by Crippen LogP contribution is -2.21. The van der Waals surface area contributed by atoms with E-state index in [9.17, 15) is 4.79 Å². The van der Waals surface area contributed by atoms with E-state index in [1.165, 1.54) is 11.8 Å². The van der Waals surface area contributed by atoms with Gasteiger partial charge in [0.15, 0.2) is 0 Å². The Bertz CT molecular complexity index is 433. The molecule has 1 aromatic carbocycles. The highest BCUT2D eigenvalue weighted by atomic mass is 32.2. The lowest BCUT2D eigenvalue weighted by Gasteiger charge is -2.08. The number of thiocarbonyl (C=S) groups is 1. The molecule has 1 rings (SSSR count). The van der Waals surface area contributed by atoms with Gasteiger partial charge in [-0.1, -0.05) is 24.4 Å². The minimum atomic E-state index is -1.05. The lowest BCUT2D eigenvalue weighted by atomic mass is 10.1. The smallest absolute Gasteiger partial charge is 0.338 e. The molecule has 0 fully saturated rings. The van der Waals surface area contributed by atoms with E-state index in [2.05, 4.69) is 12.6 Å². The van der Waals surface area contributed by atoms with Crippen LogP contribution < -0.4 is 0 Å². The van der Waals surface area contributed by atoms with E-state index in [0.717, 1.165) is 5.56 Å².